The largest absolute Gasteiger partial charge is 0.355 e. The number of piperidine rings is 1. The van der Waals surface area contributed by atoms with E-state index in [9.17, 15) is 9.59 Å². The van der Waals surface area contributed by atoms with Gasteiger partial charge in [-0.1, -0.05) is 0 Å². The average Bonchev–Trinajstić information content (AvgIpc) is 2.87. The molecule has 0 bridgehead atoms. The Balaban J connectivity index is 1.67. The van der Waals surface area contributed by atoms with Crippen molar-refractivity contribution >= 4 is 17.5 Å². The minimum Gasteiger partial charge on any atom is -0.355 e. The fraction of sp³-hybridized carbons (Fsp3) is 0.400. The first-order chi connectivity index (χ1) is 11.0. The number of carbonyl (C=O) groups excluding carboxylic acids is 2. The number of hydrogen-bond acceptors (Lipinski definition) is 5. The van der Waals surface area contributed by atoms with E-state index in [0.717, 1.165) is 11.4 Å². The van der Waals surface area contributed by atoms with E-state index in [2.05, 4.69) is 25.7 Å². The van der Waals surface area contributed by atoms with Gasteiger partial charge in [0.05, 0.1) is 29.7 Å². The van der Waals surface area contributed by atoms with Crippen LogP contribution in [0.1, 0.15) is 24.2 Å². The Bertz CT molecular complexity index is 727. The fourth-order valence-corrected chi connectivity index (χ4v) is 2.53. The summed E-state index contributed by atoms with van der Waals surface area (Å²) in [6.45, 7) is 4.20. The molecule has 0 aliphatic carbocycles. The summed E-state index contributed by atoms with van der Waals surface area (Å²) in [5.74, 6) is 0.0981. The van der Waals surface area contributed by atoms with Gasteiger partial charge in [-0.3, -0.25) is 9.59 Å². The lowest BCUT2D eigenvalue weighted by Crippen LogP contribution is -2.40. The van der Waals surface area contributed by atoms with Gasteiger partial charge >= 0.3 is 0 Å². The van der Waals surface area contributed by atoms with Crippen LogP contribution in [0, 0.1) is 19.8 Å². The van der Waals surface area contributed by atoms with E-state index >= 15 is 0 Å². The second-order valence-electron chi connectivity index (χ2n) is 5.64. The first kappa shape index (κ1) is 15.1. The molecular weight excluding hydrogens is 296 g/mol. The summed E-state index contributed by atoms with van der Waals surface area (Å²) < 4.78 is 1.65. The summed E-state index contributed by atoms with van der Waals surface area (Å²) in [4.78, 5) is 31.7. The second-order valence-corrected chi connectivity index (χ2v) is 5.64. The predicted molar refractivity (Wildman–Crippen MR) is 83.0 cm³/mol. The molecule has 8 heteroatoms. The van der Waals surface area contributed by atoms with Gasteiger partial charge in [0.1, 0.15) is 0 Å². The normalized spacial score (nSPS) is 17.7. The lowest BCUT2D eigenvalue weighted by Gasteiger charge is -2.21. The van der Waals surface area contributed by atoms with Crippen LogP contribution in [0.2, 0.25) is 0 Å². The number of amides is 2. The van der Waals surface area contributed by atoms with Gasteiger partial charge in [0.25, 0.3) is 5.95 Å². The standard InChI is InChI=1S/C15H18N6O2/c1-9-5-10(2)21(20-9)15-17-7-12(8-18-15)19-14(23)11-3-4-13(22)16-6-11/h5,7-8,11H,3-4,6H2,1-2H3,(H,16,22)(H,19,23). The Labute approximate surface area is 133 Å². The molecule has 1 atom stereocenters. The molecule has 0 aromatic carbocycles. The van der Waals surface area contributed by atoms with Crippen LogP contribution in [0.4, 0.5) is 5.69 Å². The quantitative estimate of drug-likeness (QED) is 0.870. The maximum absolute atomic E-state index is 12.2. The molecule has 2 aromatic rings. The Morgan fingerprint density at radius 1 is 1.35 bits per heavy atom. The van der Waals surface area contributed by atoms with Crippen molar-refractivity contribution in [3.05, 3.63) is 29.8 Å². The molecule has 1 saturated heterocycles. The topological polar surface area (TPSA) is 102 Å². The zero-order chi connectivity index (χ0) is 16.4. The molecule has 8 nitrogen and oxygen atoms in total. The zero-order valence-electron chi connectivity index (χ0n) is 13.0. The van der Waals surface area contributed by atoms with Crippen molar-refractivity contribution in [2.24, 2.45) is 5.92 Å². The number of rotatable bonds is 3. The van der Waals surface area contributed by atoms with Gasteiger partial charge in [-0.05, 0) is 26.3 Å². The summed E-state index contributed by atoms with van der Waals surface area (Å²) in [6, 6.07) is 1.94. The molecule has 3 rings (SSSR count). The molecular formula is C15H18N6O2. The molecule has 23 heavy (non-hydrogen) atoms. The lowest BCUT2D eigenvalue weighted by molar-refractivity contribution is -0.126. The molecule has 1 aliphatic heterocycles. The Morgan fingerprint density at radius 3 is 2.65 bits per heavy atom. The van der Waals surface area contributed by atoms with Crippen LogP contribution in [-0.4, -0.2) is 38.1 Å². The van der Waals surface area contributed by atoms with Crippen LogP contribution >= 0.6 is 0 Å². The third-order valence-electron chi connectivity index (χ3n) is 3.74. The fourth-order valence-electron chi connectivity index (χ4n) is 2.53. The number of nitrogens with zero attached hydrogens (tertiary/aromatic N) is 4. The zero-order valence-corrected chi connectivity index (χ0v) is 13.0. The highest BCUT2D eigenvalue weighted by molar-refractivity contribution is 5.93. The van der Waals surface area contributed by atoms with Gasteiger partial charge in [0.2, 0.25) is 11.8 Å². The average molecular weight is 314 g/mol. The molecule has 120 valence electrons. The Hall–Kier alpha value is -2.77. The highest BCUT2D eigenvalue weighted by Crippen LogP contribution is 2.14. The molecule has 2 N–H and O–H groups in total. The van der Waals surface area contributed by atoms with E-state index in [-0.39, 0.29) is 17.7 Å². The molecule has 0 saturated carbocycles. The van der Waals surface area contributed by atoms with E-state index < -0.39 is 0 Å². The molecule has 2 amide bonds. The molecule has 0 radical (unpaired) electrons. The van der Waals surface area contributed by atoms with E-state index in [1.165, 1.54) is 0 Å². The first-order valence-electron chi connectivity index (χ1n) is 7.46. The minimum atomic E-state index is -0.219. The summed E-state index contributed by atoms with van der Waals surface area (Å²) >= 11 is 0. The SMILES string of the molecule is Cc1cc(C)n(-c2ncc(NC(=O)C3CCC(=O)NC3)cn2)n1. The number of carbonyl (C=O) groups is 2. The maximum Gasteiger partial charge on any atom is 0.250 e. The van der Waals surface area contributed by atoms with Crippen molar-refractivity contribution in [2.75, 3.05) is 11.9 Å². The number of nitrogens with one attached hydrogen (secondary N) is 2. The van der Waals surface area contributed by atoms with Crippen LogP contribution < -0.4 is 10.6 Å². The smallest absolute Gasteiger partial charge is 0.250 e. The highest BCUT2D eigenvalue weighted by atomic mass is 16.2. The van der Waals surface area contributed by atoms with E-state index in [1.54, 1.807) is 17.1 Å². The Kier molecular flexibility index (Phi) is 4.05. The van der Waals surface area contributed by atoms with Gasteiger partial charge in [0, 0.05) is 18.7 Å². The van der Waals surface area contributed by atoms with Gasteiger partial charge in [0.15, 0.2) is 0 Å². The molecule has 1 fully saturated rings. The van der Waals surface area contributed by atoms with Gasteiger partial charge in [-0.15, -0.1) is 0 Å². The van der Waals surface area contributed by atoms with Crippen LogP contribution in [-0.2, 0) is 9.59 Å². The van der Waals surface area contributed by atoms with Gasteiger partial charge in [-0.25, -0.2) is 14.6 Å². The summed E-state index contributed by atoms with van der Waals surface area (Å²) in [7, 11) is 0. The maximum atomic E-state index is 12.2. The van der Waals surface area contributed by atoms with Crippen molar-refractivity contribution in [3.8, 4) is 5.95 Å². The van der Waals surface area contributed by atoms with Crippen LogP contribution in [0.25, 0.3) is 5.95 Å². The molecule has 0 spiro atoms. The summed E-state index contributed by atoms with van der Waals surface area (Å²) in [6.07, 6.45) is 4.05. The van der Waals surface area contributed by atoms with Crippen molar-refractivity contribution < 1.29 is 9.59 Å². The monoisotopic (exact) mass is 314 g/mol. The van der Waals surface area contributed by atoms with Crippen LogP contribution in [0.15, 0.2) is 18.5 Å². The van der Waals surface area contributed by atoms with E-state index in [4.69, 9.17) is 0 Å². The summed E-state index contributed by atoms with van der Waals surface area (Å²) in [5.41, 5.74) is 2.36. The lowest BCUT2D eigenvalue weighted by atomic mass is 9.98. The van der Waals surface area contributed by atoms with Crippen molar-refractivity contribution in [1.82, 2.24) is 25.1 Å². The van der Waals surface area contributed by atoms with E-state index in [1.807, 2.05) is 19.9 Å². The molecule has 1 aliphatic rings. The molecule has 2 aromatic heterocycles. The Morgan fingerprint density at radius 2 is 2.09 bits per heavy atom. The van der Waals surface area contributed by atoms with Crippen LogP contribution in [0.5, 0.6) is 0 Å². The third-order valence-corrected chi connectivity index (χ3v) is 3.74. The summed E-state index contributed by atoms with van der Waals surface area (Å²) in [5, 5.41) is 9.79. The second kappa shape index (κ2) is 6.15. The third kappa shape index (κ3) is 3.36. The van der Waals surface area contributed by atoms with Crippen LogP contribution in [0.3, 0.4) is 0 Å². The van der Waals surface area contributed by atoms with E-state index in [0.29, 0.717) is 31.0 Å². The number of aryl methyl sites for hydroxylation is 2. The first-order valence-corrected chi connectivity index (χ1v) is 7.46. The van der Waals surface area contributed by atoms with Crippen molar-refractivity contribution in [2.45, 2.75) is 26.7 Å². The highest BCUT2D eigenvalue weighted by Gasteiger charge is 2.24. The minimum absolute atomic E-state index is 0.00776. The van der Waals surface area contributed by atoms with Crippen molar-refractivity contribution in [3.63, 3.8) is 0 Å². The predicted octanol–water partition coefficient (Wildman–Crippen LogP) is 0.744. The number of aromatic nitrogens is 4. The molecule has 1 unspecified atom stereocenters. The number of anilines is 1. The van der Waals surface area contributed by atoms with Crippen molar-refractivity contribution in [1.29, 1.82) is 0 Å². The number of hydrogen-bond donors (Lipinski definition) is 2. The van der Waals surface area contributed by atoms with Gasteiger partial charge in [-0.2, -0.15) is 5.10 Å². The van der Waals surface area contributed by atoms with Gasteiger partial charge < -0.3 is 10.6 Å². The molecule has 3 heterocycles.